The highest BCUT2D eigenvalue weighted by molar-refractivity contribution is 6.39. The number of nitrogens with one attached hydrogen (secondary N) is 1. The van der Waals surface area contributed by atoms with Crippen molar-refractivity contribution in [2.75, 3.05) is 4.90 Å². The molecule has 7 heteroatoms. The third kappa shape index (κ3) is 2.79. The number of fused-ring (bicyclic) bond motifs is 1. The quantitative estimate of drug-likeness (QED) is 0.552. The molecule has 3 aromatic rings. The third-order valence-corrected chi connectivity index (χ3v) is 4.46. The summed E-state index contributed by atoms with van der Waals surface area (Å²) in [6.07, 6.45) is 1.33. The number of urea groups is 1. The number of hydrogen-bond donors (Lipinski definition) is 1. The molecule has 0 aliphatic carbocycles. The molecule has 138 valence electrons. The summed E-state index contributed by atoms with van der Waals surface area (Å²) >= 11 is 0. The molecule has 0 unspecified atom stereocenters. The summed E-state index contributed by atoms with van der Waals surface area (Å²) in [4.78, 5) is 50.6. The van der Waals surface area contributed by atoms with E-state index < -0.39 is 17.8 Å². The summed E-state index contributed by atoms with van der Waals surface area (Å²) in [7, 11) is 0. The molecule has 0 radical (unpaired) electrons. The van der Waals surface area contributed by atoms with Crippen LogP contribution in [0, 0.1) is 0 Å². The molecule has 28 heavy (non-hydrogen) atoms. The van der Waals surface area contributed by atoms with Gasteiger partial charge in [-0.25, -0.2) is 9.69 Å². The maximum absolute atomic E-state index is 12.9. The molecule has 4 amide bonds. The number of para-hydroxylation sites is 2. The van der Waals surface area contributed by atoms with Gasteiger partial charge < -0.3 is 0 Å². The summed E-state index contributed by atoms with van der Waals surface area (Å²) in [6.45, 7) is 1.40. The molecule has 4 rings (SSSR count). The topological polar surface area (TPSA) is 88.5 Å². The number of carbonyl (C=O) groups is 4. The number of anilines is 1. The lowest BCUT2D eigenvalue weighted by Gasteiger charge is -2.26. The number of barbiturate groups is 1. The van der Waals surface area contributed by atoms with E-state index in [1.54, 1.807) is 48.5 Å². The predicted molar refractivity (Wildman–Crippen MR) is 104 cm³/mol. The number of amides is 4. The SMILES string of the molecule is CC(=O)n1c(C=C2C(=O)NC(=O)N(c3ccccc3)C2=O)cc2ccccc21. The van der Waals surface area contributed by atoms with Crippen LogP contribution in [0.15, 0.2) is 66.2 Å². The first-order chi connectivity index (χ1) is 13.5. The van der Waals surface area contributed by atoms with Gasteiger partial charge in [0.1, 0.15) is 5.57 Å². The Hall–Kier alpha value is -4.00. The van der Waals surface area contributed by atoms with Crippen LogP contribution < -0.4 is 10.2 Å². The Morgan fingerprint density at radius 1 is 0.964 bits per heavy atom. The van der Waals surface area contributed by atoms with Gasteiger partial charge in [0.2, 0.25) is 5.91 Å². The smallest absolute Gasteiger partial charge is 0.281 e. The van der Waals surface area contributed by atoms with Crippen molar-refractivity contribution in [1.29, 1.82) is 0 Å². The van der Waals surface area contributed by atoms with E-state index in [0.717, 1.165) is 10.3 Å². The summed E-state index contributed by atoms with van der Waals surface area (Å²) in [5.74, 6) is -1.81. The van der Waals surface area contributed by atoms with Crippen LogP contribution in [0.1, 0.15) is 17.4 Å². The number of aromatic nitrogens is 1. The Bertz CT molecular complexity index is 1170. The van der Waals surface area contributed by atoms with Crippen LogP contribution in [0.2, 0.25) is 0 Å². The summed E-state index contributed by atoms with van der Waals surface area (Å²) < 4.78 is 1.42. The van der Waals surface area contributed by atoms with Gasteiger partial charge in [0.05, 0.1) is 16.9 Å². The summed E-state index contributed by atoms with van der Waals surface area (Å²) in [6, 6.07) is 16.5. The molecule has 1 saturated heterocycles. The van der Waals surface area contributed by atoms with Gasteiger partial charge in [-0.15, -0.1) is 0 Å². The van der Waals surface area contributed by atoms with Crippen molar-refractivity contribution in [2.24, 2.45) is 0 Å². The first kappa shape index (κ1) is 17.4. The first-order valence-corrected chi connectivity index (χ1v) is 8.55. The molecule has 2 heterocycles. The molecular formula is C21H15N3O4. The molecule has 0 spiro atoms. The van der Waals surface area contributed by atoms with Crippen molar-refractivity contribution in [3.63, 3.8) is 0 Å². The van der Waals surface area contributed by atoms with Gasteiger partial charge in [-0.05, 0) is 30.3 Å². The van der Waals surface area contributed by atoms with Crippen molar-refractivity contribution >= 4 is 46.4 Å². The highest BCUT2D eigenvalue weighted by atomic mass is 16.2. The van der Waals surface area contributed by atoms with E-state index in [0.29, 0.717) is 16.9 Å². The van der Waals surface area contributed by atoms with Crippen LogP contribution in [-0.2, 0) is 9.59 Å². The van der Waals surface area contributed by atoms with Crippen LogP contribution in [0.4, 0.5) is 10.5 Å². The average molecular weight is 373 g/mol. The van der Waals surface area contributed by atoms with Crippen LogP contribution in [-0.4, -0.2) is 28.3 Å². The van der Waals surface area contributed by atoms with E-state index in [4.69, 9.17) is 0 Å². The second-order valence-electron chi connectivity index (χ2n) is 6.28. The molecule has 0 saturated carbocycles. The van der Waals surface area contributed by atoms with E-state index >= 15 is 0 Å². The highest BCUT2D eigenvalue weighted by Crippen LogP contribution is 2.25. The Morgan fingerprint density at radius 3 is 2.36 bits per heavy atom. The van der Waals surface area contributed by atoms with E-state index in [1.165, 1.54) is 17.6 Å². The maximum Gasteiger partial charge on any atom is 0.335 e. The van der Waals surface area contributed by atoms with Crippen LogP contribution in [0.25, 0.3) is 17.0 Å². The molecular weight excluding hydrogens is 358 g/mol. The van der Waals surface area contributed by atoms with Crippen molar-refractivity contribution in [3.8, 4) is 0 Å². The number of imide groups is 2. The van der Waals surface area contributed by atoms with E-state index in [-0.39, 0.29) is 11.5 Å². The molecule has 0 atom stereocenters. The minimum atomic E-state index is -0.814. The molecule has 1 aliphatic rings. The van der Waals surface area contributed by atoms with Crippen LogP contribution >= 0.6 is 0 Å². The number of rotatable bonds is 2. The highest BCUT2D eigenvalue weighted by Gasteiger charge is 2.37. The van der Waals surface area contributed by atoms with Gasteiger partial charge in [-0.1, -0.05) is 36.4 Å². The first-order valence-electron chi connectivity index (χ1n) is 8.55. The number of benzene rings is 2. The second kappa shape index (κ2) is 6.62. The van der Waals surface area contributed by atoms with Gasteiger partial charge in [0.25, 0.3) is 11.8 Å². The van der Waals surface area contributed by atoms with E-state index in [1.807, 2.05) is 12.1 Å². The van der Waals surface area contributed by atoms with Crippen molar-refractivity contribution in [3.05, 3.63) is 71.9 Å². The monoisotopic (exact) mass is 373 g/mol. The van der Waals surface area contributed by atoms with Gasteiger partial charge in [-0.2, -0.15) is 0 Å². The normalized spacial score (nSPS) is 16.0. The molecule has 1 fully saturated rings. The van der Waals surface area contributed by atoms with Crippen molar-refractivity contribution < 1.29 is 19.2 Å². The zero-order valence-corrected chi connectivity index (χ0v) is 14.9. The van der Waals surface area contributed by atoms with Crippen molar-refractivity contribution in [2.45, 2.75) is 6.92 Å². The Morgan fingerprint density at radius 2 is 1.64 bits per heavy atom. The predicted octanol–water partition coefficient (Wildman–Crippen LogP) is 2.97. The van der Waals surface area contributed by atoms with E-state index in [2.05, 4.69) is 5.32 Å². The zero-order chi connectivity index (χ0) is 19.8. The van der Waals surface area contributed by atoms with Crippen LogP contribution in [0.3, 0.4) is 0 Å². The number of hydrogen-bond acceptors (Lipinski definition) is 4. The lowest BCUT2D eigenvalue weighted by Crippen LogP contribution is -2.54. The standard InChI is InChI=1S/C21H15N3O4/c1-13(25)23-16(11-14-7-5-6-10-18(14)23)12-17-19(26)22-21(28)24(20(17)27)15-8-3-2-4-9-15/h2-12H,1H3,(H,22,26,28). The molecule has 1 aliphatic heterocycles. The molecule has 7 nitrogen and oxygen atoms in total. The third-order valence-electron chi connectivity index (χ3n) is 4.46. The Labute approximate surface area is 159 Å². The van der Waals surface area contributed by atoms with Gasteiger partial charge in [-0.3, -0.25) is 24.3 Å². The fraction of sp³-hybridized carbons (Fsp3) is 0.0476. The summed E-state index contributed by atoms with van der Waals surface area (Å²) in [5, 5.41) is 2.97. The van der Waals surface area contributed by atoms with E-state index in [9.17, 15) is 19.2 Å². The zero-order valence-electron chi connectivity index (χ0n) is 14.9. The molecule has 2 aromatic carbocycles. The van der Waals surface area contributed by atoms with Crippen LogP contribution in [0.5, 0.6) is 0 Å². The Balaban J connectivity index is 1.85. The van der Waals surface area contributed by atoms with Gasteiger partial charge in [0.15, 0.2) is 0 Å². The minimum Gasteiger partial charge on any atom is -0.281 e. The number of nitrogens with zero attached hydrogens (tertiary/aromatic N) is 2. The lowest BCUT2D eigenvalue weighted by atomic mass is 10.1. The minimum absolute atomic E-state index is 0.228. The van der Waals surface area contributed by atoms with Crippen molar-refractivity contribution in [1.82, 2.24) is 9.88 Å². The van der Waals surface area contributed by atoms with Gasteiger partial charge in [0, 0.05) is 12.3 Å². The second-order valence-corrected chi connectivity index (χ2v) is 6.28. The molecule has 1 aromatic heterocycles. The molecule has 0 bridgehead atoms. The van der Waals surface area contributed by atoms with Gasteiger partial charge >= 0.3 is 6.03 Å². The molecule has 1 N–H and O–H groups in total. The lowest BCUT2D eigenvalue weighted by molar-refractivity contribution is -0.122. The largest absolute Gasteiger partial charge is 0.335 e. The maximum atomic E-state index is 12.9. The Kier molecular flexibility index (Phi) is 4.12. The fourth-order valence-electron chi connectivity index (χ4n) is 3.25. The average Bonchev–Trinajstić information content (AvgIpc) is 3.04. The fourth-order valence-corrected chi connectivity index (χ4v) is 3.25. The number of carbonyl (C=O) groups excluding carboxylic acids is 4. The summed E-state index contributed by atoms with van der Waals surface area (Å²) in [5.41, 5.74) is 1.17.